The Balaban J connectivity index is 2.08. The van der Waals surface area contributed by atoms with Gasteiger partial charge < -0.3 is 10.5 Å². The summed E-state index contributed by atoms with van der Waals surface area (Å²) in [5.41, 5.74) is 7.17. The summed E-state index contributed by atoms with van der Waals surface area (Å²) in [6, 6.07) is 10.4. The molecule has 0 bridgehead atoms. The van der Waals surface area contributed by atoms with Crippen LogP contribution in [0.5, 0.6) is 11.6 Å². The molecule has 0 aliphatic rings. The molecule has 1 aromatic heterocycles. The van der Waals surface area contributed by atoms with Gasteiger partial charge in [-0.3, -0.25) is 0 Å². The Morgan fingerprint density at radius 3 is 2.52 bits per heavy atom. The Morgan fingerprint density at radius 2 is 1.90 bits per heavy atom. The van der Waals surface area contributed by atoms with Gasteiger partial charge in [0.25, 0.3) is 0 Å². The molecule has 1 aromatic carbocycles. The molecule has 6 nitrogen and oxygen atoms in total. The van der Waals surface area contributed by atoms with Gasteiger partial charge in [-0.2, -0.15) is 0 Å². The summed E-state index contributed by atoms with van der Waals surface area (Å²) < 4.78 is 30.8. The van der Waals surface area contributed by atoms with Gasteiger partial charge in [0.15, 0.2) is 0 Å². The number of hydrogen-bond acceptors (Lipinski definition) is 5. The van der Waals surface area contributed by atoms with Crippen molar-refractivity contribution in [3.05, 3.63) is 53.7 Å². The zero-order valence-electron chi connectivity index (χ0n) is 11.6. The van der Waals surface area contributed by atoms with Gasteiger partial charge in [-0.05, 0) is 36.4 Å². The van der Waals surface area contributed by atoms with Crippen LogP contribution in [0.3, 0.4) is 0 Å². The van der Waals surface area contributed by atoms with E-state index in [0.29, 0.717) is 23.7 Å². The van der Waals surface area contributed by atoms with Crippen LogP contribution in [0.4, 0.5) is 0 Å². The van der Waals surface area contributed by atoms with Gasteiger partial charge in [0.2, 0.25) is 15.9 Å². The molecule has 3 N–H and O–H groups in total. The number of ether oxygens (including phenoxy) is 1. The highest BCUT2D eigenvalue weighted by molar-refractivity contribution is 7.88. The van der Waals surface area contributed by atoms with Crippen molar-refractivity contribution < 1.29 is 13.2 Å². The first-order valence-electron chi connectivity index (χ1n) is 6.35. The Bertz CT molecular complexity index is 700. The summed E-state index contributed by atoms with van der Waals surface area (Å²) in [5.74, 6) is 0.973. The van der Waals surface area contributed by atoms with Gasteiger partial charge >= 0.3 is 0 Å². The number of rotatable bonds is 6. The predicted molar refractivity (Wildman–Crippen MR) is 80.3 cm³/mol. The van der Waals surface area contributed by atoms with Crippen LogP contribution in [0, 0.1) is 0 Å². The van der Waals surface area contributed by atoms with Crippen LogP contribution in [-0.2, 0) is 22.3 Å². The molecule has 2 aromatic rings. The lowest BCUT2D eigenvalue weighted by molar-refractivity contribution is 0.462. The smallest absolute Gasteiger partial charge is 0.219 e. The molecule has 0 amide bonds. The minimum Gasteiger partial charge on any atom is -0.439 e. The molecule has 1 heterocycles. The topological polar surface area (TPSA) is 94.3 Å². The highest BCUT2D eigenvalue weighted by Crippen LogP contribution is 2.21. The number of nitrogens with one attached hydrogen (secondary N) is 1. The van der Waals surface area contributed by atoms with Crippen LogP contribution in [0.25, 0.3) is 0 Å². The predicted octanol–water partition coefficient (Wildman–Crippen LogP) is 1.38. The van der Waals surface area contributed by atoms with Crippen molar-refractivity contribution in [2.24, 2.45) is 5.73 Å². The summed E-state index contributed by atoms with van der Waals surface area (Å²) in [6.07, 6.45) is 1.63. The number of benzene rings is 1. The van der Waals surface area contributed by atoms with E-state index in [1.807, 2.05) is 6.07 Å². The fourth-order valence-electron chi connectivity index (χ4n) is 1.70. The molecule has 7 heteroatoms. The van der Waals surface area contributed by atoms with E-state index in [4.69, 9.17) is 10.5 Å². The lowest BCUT2D eigenvalue weighted by Crippen LogP contribution is -2.20. The maximum Gasteiger partial charge on any atom is 0.219 e. The second-order valence-corrected chi connectivity index (χ2v) is 6.34. The third-order valence-corrected chi connectivity index (χ3v) is 4.18. The Labute approximate surface area is 124 Å². The molecule has 21 heavy (non-hydrogen) atoms. The number of aromatic nitrogens is 1. The molecular formula is C14H17N3O3S. The Hall–Kier alpha value is -1.96. The van der Waals surface area contributed by atoms with Crippen LogP contribution in [0.2, 0.25) is 0 Å². The van der Waals surface area contributed by atoms with Crippen molar-refractivity contribution in [1.82, 2.24) is 9.71 Å². The molecule has 0 radical (unpaired) electrons. The minimum absolute atomic E-state index is 0.0648. The summed E-state index contributed by atoms with van der Waals surface area (Å²) >= 11 is 0. The van der Waals surface area contributed by atoms with Crippen LogP contribution in [0.15, 0.2) is 42.6 Å². The third-order valence-electron chi connectivity index (χ3n) is 2.85. The van der Waals surface area contributed by atoms with E-state index in [0.717, 1.165) is 5.56 Å². The molecule has 0 saturated carbocycles. The normalized spacial score (nSPS) is 11.3. The molecular weight excluding hydrogens is 290 g/mol. The maximum absolute atomic E-state index is 11.5. The molecule has 0 aliphatic carbocycles. The Morgan fingerprint density at radius 1 is 1.19 bits per heavy atom. The first kappa shape index (κ1) is 15.4. The highest BCUT2D eigenvalue weighted by atomic mass is 32.2. The molecule has 112 valence electrons. The monoisotopic (exact) mass is 307 g/mol. The highest BCUT2D eigenvalue weighted by Gasteiger charge is 2.08. The average molecular weight is 307 g/mol. The largest absolute Gasteiger partial charge is 0.439 e. The number of hydrogen-bond donors (Lipinski definition) is 2. The molecule has 2 rings (SSSR count). The van der Waals surface area contributed by atoms with E-state index < -0.39 is 10.0 Å². The van der Waals surface area contributed by atoms with E-state index in [1.54, 1.807) is 36.5 Å². The Kier molecular flexibility index (Phi) is 4.89. The van der Waals surface area contributed by atoms with E-state index >= 15 is 0 Å². The van der Waals surface area contributed by atoms with Gasteiger partial charge in [0.05, 0.1) is 5.75 Å². The van der Waals surface area contributed by atoms with Gasteiger partial charge in [-0.1, -0.05) is 12.1 Å². The van der Waals surface area contributed by atoms with Crippen molar-refractivity contribution >= 4 is 10.0 Å². The molecule has 0 unspecified atom stereocenters. The summed E-state index contributed by atoms with van der Waals surface area (Å²) in [4.78, 5) is 4.09. The van der Waals surface area contributed by atoms with Crippen molar-refractivity contribution in [3.8, 4) is 11.6 Å². The van der Waals surface area contributed by atoms with Crippen LogP contribution >= 0.6 is 0 Å². The first-order valence-corrected chi connectivity index (χ1v) is 8.00. The SMILES string of the molecule is CNS(=O)(=O)Cc1ccc(Oc2cc(CN)ccn2)cc1. The molecule has 0 saturated heterocycles. The molecule has 0 aliphatic heterocycles. The average Bonchev–Trinajstić information content (AvgIpc) is 2.49. The third kappa shape index (κ3) is 4.52. The van der Waals surface area contributed by atoms with Gasteiger partial charge in [0.1, 0.15) is 5.75 Å². The van der Waals surface area contributed by atoms with Gasteiger partial charge in [0, 0.05) is 18.8 Å². The first-order chi connectivity index (χ1) is 10.0. The number of sulfonamides is 1. The van der Waals surface area contributed by atoms with Crippen molar-refractivity contribution in [1.29, 1.82) is 0 Å². The summed E-state index contributed by atoms with van der Waals surface area (Å²) in [7, 11) is -1.88. The zero-order valence-corrected chi connectivity index (χ0v) is 12.4. The molecule has 0 fully saturated rings. The fraction of sp³-hybridized carbons (Fsp3) is 0.214. The second-order valence-electron chi connectivity index (χ2n) is 4.42. The molecule has 0 spiro atoms. The van der Waals surface area contributed by atoms with Gasteiger partial charge in [-0.25, -0.2) is 18.1 Å². The van der Waals surface area contributed by atoms with E-state index in [9.17, 15) is 8.42 Å². The second kappa shape index (κ2) is 6.66. The van der Waals surface area contributed by atoms with Crippen LogP contribution < -0.4 is 15.2 Å². The summed E-state index contributed by atoms with van der Waals surface area (Å²) in [6.45, 7) is 0.416. The van der Waals surface area contributed by atoms with Crippen LogP contribution in [0.1, 0.15) is 11.1 Å². The maximum atomic E-state index is 11.5. The lowest BCUT2D eigenvalue weighted by Gasteiger charge is -2.07. The number of pyridine rings is 1. The standard InChI is InChI=1S/C14H17N3O3S/c1-16-21(18,19)10-11-2-4-13(5-3-11)20-14-8-12(9-15)6-7-17-14/h2-8,16H,9-10,15H2,1H3. The van der Waals surface area contributed by atoms with Crippen molar-refractivity contribution in [2.75, 3.05) is 7.05 Å². The minimum atomic E-state index is -3.27. The quantitative estimate of drug-likeness (QED) is 0.841. The number of nitrogens with zero attached hydrogens (tertiary/aromatic N) is 1. The van der Waals surface area contributed by atoms with Gasteiger partial charge in [-0.15, -0.1) is 0 Å². The van der Waals surface area contributed by atoms with E-state index in [2.05, 4.69) is 9.71 Å². The fourth-order valence-corrected chi connectivity index (χ4v) is 2.47. The molecule has 0 atom stereocenters. The zero-order chi connectivity index (χ0) is 15.3. The number of nitrogens with two attached hydrogens (primary N) is 1. The van der Waals surface area contributed by atoms with E-state index in [-0.39, 0.29) is 5.75 Å². The van der Waals surface area contributed by atoms with Crippen molar-refractivity contribution in [3.63, 3.8) is 0 Å². The van der Waals surface area contributed by atoms with Crippen molar-refractivity contribution in [2.45, 2.75) is 12.3 Å². The lowest BCUT2D eigenvalue weighted by atomic mass is 10.2. The van der Waals surface area contributed by atoms with Crippen LogP contribution in [-0.4, -0.2) is 20.4 Å². The van der Waals surface area contributed by atoms with E-state index in [1.165, 1.54) is 7.05 Å². The summed E-state index contributed by atoms with van der Waals surface area (Å²) in [5, 5.41) is 0.